The largest absolute Gasteiger partial charge is 0.388 e. The minimum atomic E-state index is -0.432. The van der Waals surface area contributed by atoms with E-state index in [-0.39, 0.29) is 0 Å². The highest BCUT2D eigenvalue weighted by Crippen LogP contribution is 2.16. The summed E-state index contributed by atoms with van der Waals surface area (Å²) in [5.74, 6) is 0. The number of hydrogen-bond donors (Lipinski definition) is 1. The molecule has 0 saturated carbocycles. The minimum Gasteiger partial charge on any atom is -0.388 e. The molecule has 0 aromatic heterocycles. The Balaban J connectivity index is 3.48. The summed E-state index contributed by atoms with van der Waals surface area (Å²) in [5.41, 5.74) is 0. The number of aliphatic hydroxyl groups excluding tert-OH is 1. The predicted octanol–water partition coefficient (Wildman–Crippen LogP) is 1.76. The predicted molar refractivity (Wildman–Crippen MR) is 38.6 cm³/mol. The van der Waals surface area contributed by atoms with Crippen LogP contribution in [0.25, 0.3) is 0 Å². The molecular formula is C6H10OS. The Labute approximate surface area is 54.1 Å². The zero-order valence-corrected chi connectivity index (χ0v) is 5.74. The molecular weight excluding hydrogens is 120 g/mol. The lowest BCUT2D eigenvalue weighted by Gasteiger charge is -2.02. The first-order chi connectivity index (χ1) is 3.68. The lowest BCUT2D eigenvalue weighted by atomic mass is 10.4. The van der Waals surface area contributed by atoms with Crippen LogP contribution in [0.5, 0.6) is 0 Å². The molecule has 0 fully saturated rings. The summed E-state index contributed by atoms with van der Waals surface area (Å²) in [7, 11) is 0. The van der Waals surface area contributed by atoms with E-state index in [1.807, 2.05) is 0 Å². The van der Waals surface area contributed by atoms with Crippen LogP contribution in [0, 0.1) is 0 Å². The maximum absolute atomic E-state index is 8.78. The summed E-state index contributed by atoms with van der Waals surface area (Å²) < 4.78 is 0. The molecule has 46 valence electrons. The van der Waals surface area contributed by atoms with Crippen molar-refractivity contribution >= 4 is 11.8 Å². The van der Waals surface area contributed by atoms with Crippen LogP contribution in [0.1, 0.15) is 6.92 Å². The van der Waals surface area contributed by atoms with Crippen molar-refractivity contribution in [2.45, 2.75) is 13.0 Å². The van der Waals surface area contributed by atoms with Gasteiger partial charge in [-0.2, -0.15) is 0 Å². The van der Waals surface area contributed by atoms with Gasteiger partial charge in [0.25, 0.3) is 0 Å². The van der Waals surface area contributed by atoms with Crippen molar-refractivity contribution in [2.75, 3.05) is 0 Å². The molecule has 0 rings (SSSR count). The molecule has 1 atom stereocenters. The summed E-state index contributed by atoms with van der Waals surface area (Å²) in [5, 5.41) is 10.4. The lowest BCUT2D eigenvalue weighted by molar-refractivity contribution is 0.241. The smallest absolute Gasteiger partial charge is 0.0817 e. The maximum atomic E-state index is 8.78. The van der Waals surface area contributed by atoms with Crippen molar-refractivity contribution in [2.24, 2.45) is 0 Å². The van der Waals surface area contributed by atoms with Gasteiger partial charge in [-0.05, 0) is 12.3 Å². The lowest BCUT2D eigenvalue weighted by Crippen LogP contribution is -1.97. The maximum Gasteiger partial charge on any atom is 0.0817 e. The topological polar surface area (TPSA) is 20.2 Å². The molecule has 0 heterocycles. The van der Waals surface area contributed by atoms with Crippen LogP contribution < -0.4 is 0 Å². The Hall–Kier alpha value is -0.210. The number of rotatable bonds is 3. The summed E-state index contributed by atoms with van der Waals surface area (Å²) in [6.45, 7) is 8.74. The highest BCUT2D eigenvalue weighted by Gasteiger charge is 1.97. The van der Waals surface area contributed by atoms with Gasteiger partial charge in [0.1, 0.15) is 0 Å². The fourth-order valence-corrected chi connectivity index (χ4v) is 0.617. The van der Waals surface area contributed by atoms with E-state index in [1.54, 1.807) is 12.3 Å². The second-order valence-corrected chi connectivity index (χ2v) is 2.52. The number of thioether (sulfide) groups is 1. The Morgan fingerprint density at radius 2 is 2.38 bits per heavy atom. The summed E-state index contributed by atoms with van der Waals surface area (Å²) in [6.07, 6.45) is -0.432. The van der Waals surface area contributed by atoms with Crippen LogP contribution >= 0.6 is 11.8 Å². The van der Waals surface area contributed by atoms with Gasteiger partial charge in [0, 0.05) is 4.91 Å². The normalized spacial score (nSPS) is 12.8. The van der Waals surface area contributed by atoms with Crippen molar-refractivity contribution in [1.29, 1.82) is 0 Å². The van der Waals surface area contributed by atoms with Crippen LogP contribution in [-0.4, -0.2) is 11.2 Å². The van der Waals surface area contributed by atoms with E-state index in [0.717, 1.165) is 4.91 Å². The Bertz CT molecular complexity index is 96.7. The standard InChI is InChI=1S/C6H10OS/c1-4-8-6(3)5(2)7/h4-5,7H,1,3H2,2H3. The molecule has 0 bridgehead atoms. The summed E-state index contributed by atoms with van der Waals surface area (Å²) in [4.78, 5) is 0.736. The molecule has 1 unspecified atom stereocenters. The Morgan fingerprint density at radius 3 is 2.50 bits per heavy atom. The van der Waals surface area contributed by atoms with Gasteiger partial charge in [0.05, 0.1) is 6.10 Å². The third-order valence-electron chi connectivity index (χ3n) is 0.701. The van der Waals surface area contributed by atoms with Crippen molar-refractivity contribution < 1.29 is 5.11 Å². The molecule has 0 aliphatic rings. The monoisotopic (exact) mass is 130 g/mol. The van der Waals surface area contributed by atoms with Crippen LogP contribution in [0.15, 0.2) is 23.5 Å². The zero-order chi connectivity index (χ0) is 6.57. The van der Waals surface area contributed by atoms with E-state index >= 15 is 0 Å². The van der Waals surface area contributed by atoms with Gasteiger partial charge < -0.3 is 5.11 Å². The van der Waals surface area contributed by atoms with E-state index in [1.165, 1.54) is 11.8 Å². The van der Waals surface area contributed by atoms with Crippen molar-refractivity contribution in [3.8, 4) is 0 Å². The van der Waals surface area contributed by atoms with Crippen LogP contribution in [0.3, 0.4) is 0 Å². The van der Waals surface area contributed by atoms with E-state index in [2.05, 4.69) is 13.2 Å². The van der Waals surface area contributed by atoms with Crippen LogP contribution in [0.2, 0.25) is 0 Å². The molecule has 0 spiro atoms. The Morgan fingerprint density at radius 1 is 1.88 bits per heavy atom. The molecule has 0 saturated heterocycles. The van der Waals surface area contributed by atoms with E-state index in [4.69, 9.17) is 5.11 Å². The first-order valence-corrected chi connectivity index (χ1v) is 3.21. The SMILES string of the molecule is C=CSC(=C)C(C)O. The van der Waals surface area contributed by atoms with Gasteiger partial charge in [0.15, 0.2) is 0 Å². The van der Waals surface area contributed by atoms with Gasteiger partial charge in [-0.3, -0.25) is 0 Å². The fraction of sp³-hybridized carbons (Fsp3) is 0.333. The molecule has 0 aromatic carbocycles. The molecule has 8 heavy (non-hydrogen) atoms. The molecule has 0 aliphatic heterocycles. The first-order valence-electron chi connectivity index (χ1n) is 2.33. The highest BCUT2D eigenvalue weighted by atomic mass is 32.2. The quantitative estimate of drug-likeness (QED) is 0.628. The molecule has 0 radical (unpaired) electrons. The van der Waals surface area contributed by atoms with Gasteiger partial charge >= 0.3 is 0 Å². The molecule has 0 aliphatic carbocycles. The minimum absolute atomic E-state index is 0.432. The van der Waals surface area contributed by atoms with E-state index < -0.39 is 6.10 Å². The number of hydrogen-bond acceptors (Lipinski definition) is 2. The van der Waals surface area contributed by atoms with Gasteiger partial charge in [-0.15, -0.1) is 11.8 Å². The first kappa shape index (κ1) is 7.79. The summed E-state index contributed by atoms with van der Waals surface area (Å²) in [6, 6.07) is 0. The van der Waals surface area contributed by atoms with Gasteiger partial charge in [0.2, 0.25) is 0 Å². The average molecular weight is 130 g/mol. The van der Waals surface area contributed by atoms with Crippen molar-refractivity contribution in [1.82, 2.24) is 0 Å². The number of aliphatic hydroxyl groups is 1. The van der Waals surface area contributed by atoms with Gasteiger partial charge in [-0.25, -0.2) is 0 Å². The zero-order valence-electron chi connectivity index (χ0n) is 4.92. The molecule has 1 nitrogen and oxygen atoms in total. The molecule has 0 aromatic rings. The van der Waals surface area contributed by atoms with Crippen LogP contribution in [-0.2, 0) is 0 Å². The highest BCUT2D eigenvalue weighted by molar-refractivity contribution is 8.05. The molecule has 1 N–H and O–H groups in total. The van der Waals surface area contributed by atoms with E-state index in [0.29, 0.717) is 0 Å². The molecule has 2 heteroatoms. The van der Waals surface area contributed by atoms with Crippen molar-refractivity contribution in [3.05, 3.63) is 23.5 Å². The third kappa shape index (κ3) is 2.88. The summed E-state index contributed by atoms with van der Waals surface area (Å²) >= 11 is 1.36. The van der Waals surface area contributed by atoms with E-state index in [9.17, 15) is 0 Å². The fourth-order valence-electron chi connectivity index (χ4n) is 0.206. The third-order valence-corrected chi connectivity index (χ3v) is 1.51. The van der Waals surface area contributed by atoms with Crippen molar-refractivity contribution in [3.63, 3.8) is 0 Å². The average Bonchev–Trinajstić information content (AvgIpc) is 1.67. The van der Waals surface area contributed by atoms with Gasteiger partial charge in [-0.1, -0.05) is 13.2 Å². The Kier molecular flexibility index (Phi) is 3.65. The molecule has 0 amide bonds. The van der Waals surface area contributed by atoms with Crippen LogP contribution in [0.4, 0.5) is 0 Å². The second-order valence-electron chi connectivity index (χ2n) is 1.43. The second kappa shape index (κ2) is 3.75.